The van der Waals surface area contributed by atoms with Gasteiger partial charge in [-0.2, -0.15) is 0 Å². The first-order valence-corrected chi connectivity index (χ1v) is 7.31. The average molecular weight is 239 g/mol. The topological polar surface area (TPSA) is 12.0 Å². The summed E-state index contributed by atoms with van der Waals surface area (Å²) in [4.78, 5) is 1.52. The lowest BCUT2D eigenvalue weighted by atomic mass is 9.82. The molecule has 1 atom stereocenters. The lowest BCUT2D eigenvalue weighted by Gasteiger charge is -2.28. The van der Waals surface area contributed by atoms with Crippen LogP contribution in [0.25, 0.3) is 0 Å². The lowest BCUT2D eigenvalue weighted by molar-refractivity contribution is 0.271. The molecule has 1 N–H and O–H groups in total. The zero-order chi connectivity index (χ0) is 11.9. The molecule has 0 radical (unpaired) electrons. The minimum atomic E-state index is 0.457. The molecule has 0 aromatic carbocycles. The monoisotopic (exact) mass is 239 g/mol. The third kappa shape index (κ3) is 4.67. The molecule has 1 unspecified atom stereocenters. The zero-order valence-corrected chi connectivity index (χ0v) is 11.7. The number of aryl methyl sites for hydroxylation is 1. The van der Waals surface area contributed by atoms with E-state index < -0.39 is 0 Å². The smallest absolute Gasteiger partial charge is 0.00454 e. The van der Waals surface area contributed by atoms with Crippen molar-refractivity contribution in [3.8, 4) is 0 Å². The van der Waals surface area contributed by atoms with Crippen molar-refractivity contribution < 1.29 is 0 Å². The van der Waals surface area contributed by atoms with Gasteiger partial charge in [0.2, 0.25) is 0 Å². The van der Waals surface area contributed by atoms with Crippen molar-refractivity contribution in [3.05, 3.63) is 22.4 Å². The summed E-state index contributed by atoms with van der Waals surface area (Å²) < 4.78 is 0. The highest BCUT2D eigenvalue weighted by Gasteiger charge is 2.21. The third-order valence-electron chi connectivity index (χ3n) is 3.39. The Balaban J connectivity index is 2.34. The zero-order valence-electron chi connectivity index (χ0n) is 10.9. The maximum Gasteiger partial charge on any atom is 0.00454 e. The quantitative estimate of drug-likeness (QED) is 0.674. The highest BCUT2D eigenvalue weighted by Crippen LogP contribution is 2.27. The fourth-order valence-corrected chi connectivity index (χ4v) is 2.55. The molecule has 1 heterocycles. The molecular formula is C14H25NS. The molecule has 0 bridgehead atoms. The van der Waals surface area contributed by atoms with Crippen molar-refractivity contribution in [2.75, 3.05) is 13.1 Å². The van der Waals surface area contributed by atoms with Gasteiger partial charge in [-0.3, -0.25) is 0 Å². The Morgan fingerprint density at radius 1 is 1.38 bits per heavy atom. The van der Waals surface area contributed by atoms with E-state index in [1.165, 1.54) is 30.6 Å². The second-order valence-corrected chi connectivity index (χ2v) is 5.95. The van der Waals surface area contributed by atoms with Gasteiger partial charge in [0.15, 0.2) is 0 Å². The maximum absolute atomic E-state index is 3.56. The van der Waals surface area contributed by atoms with E-state index in [4.69, 9.17) is 0 Å². The molecule has 0 saturated carbocycles. The molecular weight excluding hydrogens is 214 g/mol. The fourth-order valence-electron chi connectivity index (χ4n) is 1.84. The van der Waals surface area contributed by atoms with Crippen LogP contribution in [0.5, 0.6) is 0 Å². The van der Waals surface area contributed by atoms with Crippen LogP contribution in [0.4, 0.5) is 0 Å². The molecule has 1 rings (SSSR count). The lowest BCUT2D eigenvalue weighted by Crippen LogP contribution is -2.32. The largest absolute Gasteiger partial charge is 0.316 e. The summed E-state index contributed by atoms with van der Waals surface area (Å²) >= 11 is 1.88. The van der Waals surface area contributed by atoms with E-state index in [1.54, 1.807) is 0 Å². The van der Waals surface area contributed by atoms with Crippen molar-refractivity contribution >= 4 is 11.3 Å². The molecule has 0 aliphatic heterocycles. The second-order valence-electron chi connectivity index (χ2n) is 4.92. The van der Waals surface area contributed by atoms with Gasteiger partial charge >= 0.3 is 0 Å². The van der Waals surface area contributed by atoms with Gasteiger partial charge in [-0.05, 0) is 49.1 Å². The van der Waals surface area contributed by atoms with E-state index in [9.17, 15) is 0 Å². The van der Waals surface area contributed by atoms with Crippen LogP contribution in [0.15, 0.2) is 17.5 Å². The van der Waals surface area contributed by atoms with E-state index in [0.29, 0.717) is 5.41 Å². The highest BCUT2D eigenvalue weighted by molar-refractivity contribution is 7.09. The molecule has 0 spiro atoms. The first kappa shape index (κ1) is 13.7. The molecule has 0 fully saturated rings. The van der Waals surface area contributed by atoms with Gasteiger partial charge in [0.1, 0.15) is 0 Å². The molecule has 0 amide bonds. The molecule has 92 valence electrons. The predicted molar refractivity (Wildman–Crippen MR) is 74.2 cm³/mol. The Hall–Kier alpha value is -0.340. The van der Waals surface area contributed by atoms with Crippen LogP contribution < -0.4 is 5.32 Å². The van der Waals surface area contributed by atoms with Gasteiger partial charge in [0.25, 0.3) is 0 Å². The van der Waals surface area contributed by atoms with Gasteiger partial charge < -0.3 is 5.32 Å². The minimum absolute atomic E-state index is 0.457. The summed E-state index contributed by atoms with van der Waals surface area (Å²) in [6.45, 7) is 9.24. The molecule has 1 nitrogen and oxygen atoms in total. The number of rotatable bonds is 8. The molecule has 0 saturated heterocycles. The Labute approximate surface area is 104 Å². The van der Waals surface area contributed by atoms with Crippen LogP contribution in [0, 0.1) is 5.41 Å². The predicted octanol–water partition coefficient (Wildman–Crippen LogP) is 4.10. The van der Waals surface area contributed by atoms with Crippen LogP contribution >= 0.6 is 11.3 Å². The summed E-state index contributed by atoms with van der Waals surface area (Å²) in [5, 5.41) is 5.73. The van der Waals surface area contributed by atoms with E-state index >= 15 is 0 Å². The van der Waals surface area contributed by atoms with Gasteiger partial charge in [0, 0.05) is 11.4 Å². The van der Waals surface area contributed by atoms with Crippen molar-refractivity contribution in [2.45, 2.75) is 46.5 Å². The Morgan fingerprint density at radius 2 is 2.19 bits per heavy atom. The number of hydrogen-bond acceptors (Lipinski definition) is 2. The SMILES string of the molecule is CCCNCC(C)(CC)CCc1cccs1. The Morgan fingerprint density at radius 3 is 2.75 bits per heavy atom. The normalized spacial score (nSPS) is 14.9. The van der Waals surface area contributed by atoms with Crippen LogP contribution in [0.3, 0.4) is 0 Å². The third-order valence-corrected chi connectivity index (χ3v) is 4.32. The molecule has 2 heteroatoms. The van der Waals surface area contributed by atoms with E-state index in [1.807, 2.05) is 11.3 Å². The first-order chi connectivity index (χ1) is 7.70. The Bertz CT molecular complexity index is 268. The number of thiophene rings is 1. The minimum Gasteiger partial charge on any atom is -0.316 e. The van der Waals surface area contributed by atoms with E-state index in [0.717, 1.165) is 13.1 Å². The first-order valence-electron chi connectivity index (χ1n) is 6.43. The number of nitrogens with one attached hydrogen (secondary N) is 1. The fraction of sp³-hybridized carbons (Fsp3) is 0.714. The van der Waals surface area contributed by atoms with Gasteiger partial charge in [-0.25, -0.2) is 0 Å². The molecule has 0 aliphatic rings. The Kier molecular flexibility index (Phi) is 6.07. The standard InChI is InChI=1S/C14H25NS/c1-4-10-15-12-14(3,5-2)9-8-13-7-6-11-16-13/h6-7,11,15H,4-5,8-10,12H2,1-3H3. The summed E-state index contributed by atoms with van der Waals surface area (Å²) in [5.41, 5.74) is 0.457. The van der Waals surface area contributed by atoms with Gasteiger partial charge in [-0.1, -0.05) is 26.8 Å². The summed E-state index contributed by atoms with van der Waals surface area (Å²) in [6, 6.07) is 4.40. The van der Waals surface area contributed by atoms with Crippen molar-refractivity contribution in [2.24, 2.45) is 5.41 Å². The molecule has 1 aromatic rings. The van der Waals surface area contributed by atoms with E-state index in [2.05, 4.69) is 43.6 Å². The van der Waals surface area contributed by atoms with Crippen LogP contribution in [-0.4, -0.2) is 13.1 Å². The summed E-state index contributed by atoms with van der Waals surface area (Å²) in [6.07, 6.45) is 5.01. The number of hydrogen-bond donors (Lipinski definition) is 1. The van der Waals surface area contributed by atoms with Crippen LogP contribution in [0.2, 0.25) is 0 Å². The molecule has 16 heavy (non-hydrogen) atoms. The molecule has 1 aromatic heterocycles. The average Bonchev–Trinajstić information content (AvgIpc) is 2.80. The van der Waals surface area contributed by atoms with Gasteiger partial charge in [0.05, 0.1) is 0 Å². The summed E-state index contributed by atoms with van der Waals surface area (Å²) in [5.74, 6) is 0. The van der Waals surface area contributed by atoms with Crippen LogP contribution in [-0.2, 0) is 6.42 Å². The maximum atomic E-state index is 3.56. The van der Waals surface area contributed by atoms with Crippen molar-refractivity contribution in [1.82, 2.24) is 5.32 Å². The van der Waals surface area contributed by atoms with Gasteiger partial charge in [-0.15, -0.1) is 11.3 Å². The second kappa shape index (κ2) is 7.08. The van der Waals surface area contributed by atoms with Crippen molar-refractivity contribution in [3.63, 3.8) is 0 Å². The van der Waals surface area contributed by atoms with Crippen LogP contribution in [0.1, 0.15) is 44.9 Å². The van der Waals surface area contributed by atoms with E-state index in [-0.39, 0.29) is 0 Å². The van der Waals surface area contributed by atoms with Crippen molar-refractivity contribution in [1.29, 1.82) is 0 Å². The molecule has 0 aliphatic carbocycles. The highest BCUT2D eigenvalue weighted by atomic mass is 32.1. The summed E-state index contributed by atoms with van der Waals surface area (Å²) in [7, 11) is 0.